The molecule has 0 radical (unpaired) electrons. The Morgan fingerprint density at radius 3 is 1.37 bits per heavy atom. The second-order valence-corrected chi connectivity index (χ2v) is 11.9. The molecule has 46 heavy (non-hydrogen) atoms. The zero-order valence-electron chi connectivity index (χ0n) is 25.2. The summed E-state index contributed by atoms with van der Waals surface area (Å²) in [6.45, 7) is 0. The molecule has 0 N–H and O–H groups in total. The minimum absolute atomic E-state index is 0.965. The summed E-state index contributed by atoms with van der Waals surface area (Å²) in [5.74, 6) is 0. The van der Waals surface area contributed by atoms with Crippen LogP contribution in [0.2, 0.25) is 0 Å². The van der Waals surface area contributed by atoms with Crippen LogP contribution in [0, 0.1) is 0 Å². The molecule has 1 aromatic heterocycles. The number of benzene rings is 8. The van der Waals surface area contributed by atoms with Crippen LogP contribution in [0.5, 0.6) is 0 Å². The Morgan fingerprint density at radius 1 is 0.283 bits per heavy atom. The summed E-state index contributed by atoms with van der Waals surface area (Å²) in [5.41, 5.74) is 9.18. The van der Waals surface area contributed by atoms with Crippen LogP contribution in [0.1, 0.15) is 0 Å². The first-order valence-corrected chi connectivity index (χ1v) is 15.8. The highest BCUT2D eigenvalue weighted by atomic mass is 14.7. The third kappa shape index (κ3) is 4.29. The molecule has 0 aliphatic heterocycles. The van der Waals surface area contributed by atoms with Crippen molar-refractivity contribution in [3.05, 3.63) is 176 Å². The van der Waals surface area contributed by atoms with Crippen molar-refractivity contribution in [3.63, 3.8) is 0 Å². The van der Waals surface area contributed by atoms with Crippen molar-refractivity contribution in [1.82, 2.24) is 4.98 Å². The van der Waals surface area contributed by atoms with E-state index in [4.69, 9.17) is 4.98 Å². The Labute approximate surface area is 268 Å². The first-order chi connectivity index (χ1) is 22.8. The summed E-state index contributed by atoms with van der Waals surface area (Å²) >= 11 is 0. The van der Waals surface area contributed by atoms with Crippen LogP contribution in [-0.2, 0) is 0 Å². The van der Waals surface area contributed by atoms with Crippen molar-refractivity contribution in [1.29, 1.82) is 0 Å². The van der Waals surface area contributed by atoms with Gasteiger partial charge in [0.25, 0.3) is 0 Å². The van der Waals surface area contributed by atoms with E-state index in [2.05, 4.69) is 170 Å². The van der Waals surface area contributed by atoms with E-state index in [1.54, 1.807) is 0 Å². The van der Waals surface area contributed by atoms with E-state index in [0.29, 0.717) is 0 Å². The normalized spacial score (nSPS) is 11.5. The van der Waals surface area contributed by atoms with Crippen LogP contribution in [0.4, 0.5) is 0 Å². The predicted molar refractivity (Wildman–Crippen MR) is 196 cm³/mol. The topological polar surface area (TPSA) is 12.9 Å². The van der Waals surface area contributed by atoms with Crippen molar-refractivity contribution in [2.45, 2.75) is 0 Å². The second-order valence-electron chi connectivity index (χ2n) is 11.9. The predicted octanol–water partition coefficient (Wildman–Crippen LogP) is 12.4. The van der Waals surface area contributed by atoms with Gasteiger partial charge in [-0.05, 0) is 83.5 Å². The van der Waals surface area contributed by atoms with E-state index >= 15 is 0 Å². The fourth-order valence-corrected chi connectivity index (χ4v) is 7.17. The lowest BCUT2D eigenvalue weighted by Gasteiger charge is -2.20. The van der Waals surface area contributed by atoms with Gasteiger partial charge in [-0.3, -0.25) is 0 Å². The smallest absolute Gasteiger partial charge is 0.0709 e. The Bertz CT molecular complexity index is 2570. The first kappa shape index (κ1) is 26.4. The van der Waals surface area contributed by atoms with Crippen molar-refractivity contribution >= 4 is 43.1 Å². The van der Waals surface area contributed by atoms with Gasteiger partial charge in [-0.25, -0.2) is 4.98 Å². The Kier molecular flexibility index (Phi) is 6.21. The molecule has 1 heteroatoms. The molecule has 0 aliphatic carbocycles. The summed E-state index contributed by atoms with van der Waals surface area (Å²) in [6, 6.07) is 63.4. The van der Waals surface area contributed by atoms with Gasteiger partial charge >= 0.3 is 0 Å². The second kappa shape index (κ2) is 10.8. The third-order valence-electron chi connectivity index (χ3n) is 9.26. The first-order valence-electron chi connectivity index (χ1n) is 15.8. The summed E-state index contributed by atoms with van der Waals surface area (Å²) in [7, 11) is 0. The van der Waals surface area contributed by atoms with Crippen LogP contribution >= 0.6 is 0 Å². The molecule has 1 nitrogen and oxygen atoms in total. The van der Waals surface area contributed by atoms with Crippen molar-refractivity contribution < 1.29 is 0 Å². The lowest BCUT2D eigenvalue weighted by molar-refractivity contribution is 1.33. The number of rotatable bonds is 4. The molecule has 0 atom stereocenters. The van der Waals surface area contributed by atoms with Gasteiger partial charge in [-0.1, -0.05) is 158 Å². The summed E-state index contributed by atoms with van der Waals surface area (Å²) in [4.78, 5) is 5.16. The Balaban J connectivity index is 1.41. The van der Waals surface area contributed by atoms with Gasteiger partial charge in [0.05, 0.1) is 11.4 Å². The summed E-state index contributed by atoms with van der Waals surface area (Å²) < 4.78 is 0. The molecule has 0 unspecified atom stereocenters. The van der Waals surface area contributed by atoms with E-state index in [0.717, 1.165) is 22.5 Å². The average Bonchev–Trinajstić information content (AvgIpc) is 3.14. The highest BCUT2D eigenvalue weighted by molar-refractivity contribution is 6.25. The minimum atomic E-state index is 0.965. The molecule has 0 aliphatic rings. The molecule has 0 saturated heterocycles. The van der Waals surface area contributed by atoms with Gasteiger partial charge in [0, 0.05) is 11.1 Å². The lowest BCUT2D eigenvalue weighted by atomic mass is 9.83. The van der Waals surface area contributed by atoms with Gasteiger partial charge in [0.1, 0.15) is 0 Å². The SMILES string of the molecule is c1ccc(-c2cccc(-c3ccc4c(-c5cccc6ccccc56)c5ccccc5c(-c5cccc6ccccc56)c4c3)n2)cc1. The Hall–Kier alpha value is -6.05. The van der Waals surface area contributed by atoms with E-state index in [9.17, 15) is 0 Å². The highest BCUT2D eigenvalue weighted by Crippen LogP contribution is 2.47. The fourth-order valence-electron chi connectivity index (χ4n) is 7.17. The van der Waals surface area contributed by atoms with Crippen LogP contribution in [0.15, 0.2) is 176 Å². The molecule has 9 aromatic rings. The quantitative estimate of drug-likeness (QED) is 0.188. The minimum Gasteiger partial charge on any atom is -0.248 e. The molecule has 8 aromatic carbocycles. The number of fused-ring (bicyclic) bond motifs is 4. The van der Waals surface area contributed by atoms with Crippen LogP contribution < -0.4 is 0 Å². The number of hydrogen-bond donors (Lipinski definition) is 0. The van der Waals surface area contributed by atoms with Crippen molar-refractivity contribution in [3.8, 4) is 44.8 Å². The maximum Gasteiger partial charge on any atom is 0.0709 e. The Morgan fingerprint density at radius 2 is 0.739 bits per heavy atom. The van der Waals surface area contributed by atoms with E-state index in [1.807, 2.05) is 6.07 Å². The molecule has 9 rings (SSSR count). The van der Waals surface area contributed by atoms with Gasteiger partial charge < -0.3 is 0 Å². The molecule has 214 valence electrons. The fraction of sp³-hybridized carbons (Fsp3) is 0. The van der Waals surface area contributed by atoms with Crippen molar-refractivity contribution in [2.24, 2.45) is 0 Å². The van der Waals surface area contributed by atoms with E-state index < -0.39 is 0 Å². The molecule has 0 saturated carbocycles. The van der Waals surface area contributed by atoms with Gasteiger partial charge in [-0.15, -0.1) is 0 Å². The number of hydrogen-bond acceptors (Lipinski definition) is 1. The van der Waals surface area contributed by atoms with Crippen LogP contribution in [0.3, 0.4) is 0 Å². The average molecular weight is 584 g/mol. The van der Waals surface area contributed by atoms with Gasteiger partial charge in [0.15, 0.2) is 0 Å². The largest absolute Gasteiger partial charge is 0.248 e. The third-order valence-corrected chi connectivity index (χ3v) is 9.26. The maximum absolute atomic E-state index is 5.16. The monoisotopic (exact) mass is 583 g/mol. The maximum atomic E-state index is 5.16. The highest BCUT2D eigenvalue weighted by Gasteiger charge is 2.20. The van der Waals surface area contributed by atoms with Crippen LogP contribution in [0.25, 0.3) is 87.9 Å². The zero-order valence-corrected chi connectivity index (χ0v) is 25.2. The van der Waals surface area contributed by atoms with Crippen molar-refractivity contribution in [2.75, 3.05) is 0 Å². The number of nitrogens with zero attached hydrogens (tertiary/aromatic N) is 1. The molecule has 0 fully saturated rings. The zero-order chi connectivity index (χ0) is 30.5. The van der Waals surface area contributed by atoms with Crippen LogP contribution in [-0.4, -0.2) is 4.98 Å². The van der Waals surface area contributed by atoms with E-state index in [-0.39, 0.29) is 0 Å². The summed E-state index contributed by atoms with van der Waals surface area (Å²) in [6.07, 6.45) is 0. The molecule has 1 heterocycles. The standard InChI is InChI=1S/C45H29N/c1-2-15-32(16-3-1)42-25-12-26-43(46-42)33-27-28-40-41(29-33)45(37-24-11-18-31-14-5-7-20-35(31)37)39-22-9-8-21-38(39)44(40)36-23-10-17-30-13-4-6-19-34(30)36/h1-29H. The number of pyridine rings is 1. The molecule has 0 amide bonds. The van der Waals surface area contributed by atoms with E-state index in [1.165, 1.54) is 65.3 Å². The molecular formula is C45H29N. The molecular weight excluding hydrogens is 555 g/mol. The molecule has 0 bridgehead atoms. The number of aromatic nitrogens is 1. The lowest BCUT2D eigenvalue weighted by Crippen LogP contribution is -1.94. The molecule has 0 spiro atoms. The summed E-state index contributed by atoms with van der Waals surface area (Å²) in [5, 5.41) is 9.96. The van der Waals surface area contributed by atoms with Gasteiger partial charge in [-0.2, -0.15) is 0 Å². The van der Waals surface area contributed by atoms with Gasteiger partial charge in [0.2, 0.25) is 0 Å².